The van der Waals surface area contributed by atoms with Gasteiger partial charge in [0.05, 0.1) is 27.4 Å². The number of aromatic nitrogens is 1. The first-order valence-corrected chi connectivity index (χ1v) is 14.8. The number of nitrogens with one attached hydrogen (secondary N) is 2. The molecule has 5 aromatic rings. The van der Waals surface area contributed by atoms with Gasteiger partial charge in [-0.2, -0.15) is 0 Å². The molecule has 10 heteroatoms. The molecular formula is C30H23Cl2N3O3S2. The number of thioether (sulfide) groups is 1. The minimum absolute atomic E-state index is 0.185. The number of amides is 2. The van der Waals surface area contributed by atoms with Crippen molar-refractivity contribution in [2.45, 2.75) is 17.1 Å². The Morgan fingerprint density at radius 2 is 1.73 bits per heavy atom. The van der Waals surface area contributed by atoms with E-state index in [-0.39, 0.29) is 16.8 Å². The van der Waals surface area contributed by atoms with Gasteiger partial charge in [-0.3, -0.25) is 9.59 Å². The third-order valence-electron chi connectivity index (χ3n) is 5.78. The van der Waals surface area contributed by atoms with E-state index in [2.05, 4.69) is 15.6 Å². The highest BCUT2D eigenvalue weighted by molar-refractivity contribution is 8.00. The van der Waals surface area contributed by atoms with E-state index >= 15 is 0 Å². The minimum Gasteiger partial charge on any atom is -0.494 e. The fourth-order valence-electron chi connectivity index (χ4n) is 3.91. The predicted molar refractivity (Wildman–Crippen MR) is 165 cm³/mol. The van der Waals surface area contributed by atoms with Crippen molar-refractivity contribution >= 4 is 79.2 Å². The molecule has 0 saturated heterocycles. The number of rotatable bonds is 9. The Labute approximate surface area is 249 Å². The van der Waals surface area contributed by atoms with Gasteiger partial charge >= 0.3 is 0 Å². The Morgan fingerprint density at radius 1 is 0.950 bits per heavy atom. The summed E-state index contributed by atoms with van der Waals surface area (Å²) in [5.74, 6) is 0.244. The van der Waals surface area contributed by atoms with Crippen molar-refractivity contribution in [1.29, 1.82) is 0 Å². The van der Waals surface area contributed by atoms with Crippen LogP contribution in [0.2, 0.25) is 10.0 Å². The lowest BCUT2D eigenvalue weighted by Gasteiger charge is -2.16. The number of ether oxygens (including phenoxy) is 1. The molecule has 4 aromatic carbocycles. The molecule has 40 heavy (non-hydrogen) atoms. The maximum absolute atomic E-state index is 13.5. The summed E-state index contributed by atoms with van der Waals surface area (Å²) in [6, 6.07) is 27.3. The fourth-order valence-corrected chi connectivity index (χ4v) is 6.33. The summed E-state index contributed by atoms with van der Waals surface area (Å²) < 4.78 is 6.52. The number of thiazole rings is 1. The number of fused-ring (bicyclic) bond motifs is 1. The third-order valence-corrected chi connectivity index (χ3v) is 8.53. The van der Waals surface area contributed by atoms with E-state index in [1.165, 1.54) is 29.2 Å². The first-order valence-electron chi connectivity index (χ1n) is 12.3. The number of nitrogens with zero attached hydrogens (tertiary/aromatic N) is 1. The summed E-state index contributed by atoms with van der Waals surface area (Å²) in [6.45, 7) is 2.51. The average Bonchev–Trinajstić information content (AvgIpc) is 3.34. The van der Waals surface area contributed by atoms with Crippen molar-refractivity contribution in [2.75, 3.05) is 17.2 Å². The van der Waals surface area contributed by atoms with Gasteiger partial charge < -0.3 is 15.4 Å². The van der Waals surface area contributed by atoms with Crippen molar-refractivity contribution in [1.82, 2.24) is 4.98 Å². The maximum atomic E-state index is 13.5. The molecule has 0 aliphatic carbocycles. The molecule has 5 rings (SSSR count). The van der Waals surface area contributed by atoms with Gasteiger partial charge in [-0.15, -0.1) is 11.8 Å². The number of hydrogen-bond donors (Lipinski definition) is 2. The molecule has 0 aliphatic rings. The molecule has 1 heterocycles. The fraction of sp³-hybridized carbons (Fsp3) is 0.100. The molecule has 0 saturated carbocycles. The molecule has 1 unspecified atom stereocenters. The van der Waals surface area contributed by atoms with Gasteiger partial charge in [0.1, 0.15) is 11.0 Å². The van der Waals surface area contributed by atoms with Crippen molar-refractivity contribution in [3.63, 3.8) is 0 Å². The molecule has 1 aromatic heterocycles. The number of anilines is 2. The zero-order valence-electron chi connectivity index (χ0n) is 21.2. The molecule has 6 nitrogen and oxygen atoms in total. The van der Waals surface area contributed by atoms with Gasteiger partial charge in [0.25, 0.3) is 5.91 Å². The monoisotopic (exact) mass is 607 g/mol. The van der Waals surface area contributed by atoms with E-state index in [1.54, 1.807) is 24.3 Å². The molecule has 0 aliphatic heterocycles. The van der Waals surface area contributed by atoms with E-state index in [0.717, 1.165) is 26.4 Å². The van der Waals surface area contributed by atoms with E-state index < -0.39 is 5.25 Å². The summed E-state index contributed by atoms with van der Waals surface area (Å²) in [5.41, 5.74) is 2.58. The molecule has 0 bridgehead atoms. The van der Waals surface area contributed by atoms with Crippen LogP contribution < -0.4 is 15.4 Å². The second-order valence-corrected chi connectivity index (χ2v) is 11.6. The van der Waals surface area contributed by atoms with Crippen molar-refractivity contribution in [2.24, 2.45) is 0 Å². The minimum atomic E-state index is -0.527. The molecule has 1 atom stereocenters. The van der Waals surface area contributed by atoms with Gasteiger partial charge in [-0.25, -0.2) is 4.98 Å². The van der Waals surface area contributed by atoms with E-state index in [0.29, 0.717) is 28.0 Å². The molecule has 2 N–H and O–H groups in total. The number of benzene rings is 4. The van der Waals surface area contributed by atoms with Crippen LogP contribution in [0.1, 0.15) is 28.1 Å². The molecule has 2 amide bonds. The lowest BCUT2D eigenvalue weighted by atomic mass is 10.1. The molecule has 0 fully saturated rings. The van der Waals surface area contributed by atoms with Crippen LogP contribution in [0.25, 0.3) is 10.2 Å². The van der Waals surface area contributed by atoms with Crippen LogP contribution in [-0.2, 0) is 4.79 Å². The highest BCUT2D eigenvalue weighted by atomic mass is 35.5. The van der Waals surface area contributed by atoms with Crippen LogP contribution >= 0.6 is 46.3 Å². The second-order valence-electron chi connectivity index (χ2n) is 8.58. The Bertz CT molecular complexity index is 1660. The molecular weight excluding hydrogens is 585 g/mol. The zero-order valence-corrected chi connectivity index (χ0v) is 24.3. The van der Waals surface area contributed by atoms with Crippen molar-refractivity contribution in [3.8, 4) is 5.75 Å². The first-order chi connectivity index (χ1) is 19.4. The normalized spacial score (nSPS) is 11.7. The number of carbonyl (C=O) groups excluding carboxylic acids is 2. The molecule has 0 spiro atoms. The maximum Gasteiger partial charge on any atom is 0.257 e. The van der Waals surface area contributed by atoms with Gasteiger partial charge in [-0.05, 0) is 73.2 Å². The largest absolute Gasteiger partial charge is 0.494 e. The average molecular weight is 609 g/mol. The standard InChI is InChI=1S/C30H23Cl2N3O3S2/c1-2-38-21-11-15-25-26(17-21)40-30(34-25)35-29(37)27(18-6-4-3-5-7-18)39-22-12-9-20(10-13-22)33-28(36)23-14-8-19(31)16-24(23)32/h3-17,27H,2H2,1H3,(H,33,36)(H,34,35,37). The van der Waals surface area contributed by atoms with Gasteiger partial charge in [0, 0.05) is 15.6 Å². The lowest BCUT2D eigenvalue weighted by Crippen LogP contribution is -2.18. The smallest absolute Gasteiger partial charge is 0.257 e. The highest BCUT2D eigenvalue weighted by Gasteiger charge is 2.23. The quantitative estimate of drug-likeness (QED) is 0.164. The molecule has 202 valence electrons. The Hall–Kier alpha value is -3.56. The SMILES string of the molecule is CCOc1ccc2nc(NC(=O)C(Sc3ccc(NC(=O)c4ccc(Cl)cc4Cl)cc3)c3ccccc3)sc2c1. The first kappa shape index (κ1) is 28.0. The van der Waals surface area contributed by atoms with E-state index in [9.17, 15) is 9.59 Å². The zero-order chi connectivity index (χ0) is 28.1. The van der Waals surface area contributed by atoms with Crippen LogP contribution in [0, 0.1) is 0 Å². The Morgan fingerprint density at radius 3 is 2.45 bits per heavy atom. The lowest BCUT2D eigenvalue weighted by molar-refractivity contribution is -0.115. The summed E-state index contributed by atoms with van der Waals surface area (Å²) >= 11 is 14.9. The van der Waals surface area contributed by atoms with Crippen molar-refractivity contribution < 1.29 is 14.3 Å². The summed E-state index contributed by atoms with van der Waals surface area (Å²) in [6.07, 6.45) is 0. The van der Waals surface area contributed by atoms with Crippen LogP contribution in [0.5, 0.6) is 5.75 Å². The van der Waals surface area contributed by atoms with Crippen molar-refractivity contribution in [3.05, 3.63) is 112 Å². The van der Waals surface area contributed by atoms with Gasteiger partial charge in [-0.1, -0.05) is 64.9 Å². The summed E-state index contributed by atoms with van der Waals surface area (Å²) in [4.78, 5) is 31.6. The van der Waals surface area contributed by atoms with E-state index in [1.807, 2.05) is 67.6 Å². The van der Waals surface area contributed by atoms with Crippen LogP contribution in [0.3, 0.4) is 0 Å². The highest BCUT2D eigenvalue weighted by Crippen LogP contribution is 2.38. The Balaban J connectivity index is 1.31. The second kappa shape index (κ2) is 12.7. The topological polar surface area (TPSA) is 80.3 Å². The number of halogens is 2. The third kappa shape index (κ3) is 6.77. The Kier molecular flexibility index (Phi) is 8.91. The van der Waals surface area contributed by atoms with Crippen LogP contribution in [0.4, 0.5) is 10.8 Å². The van der Waals surface area contributed by atoms with Gasteiger partial charge in [0.2, 0.25) is 5.91 Å². The molecule has 0 radical (unpaired) electrons. The predicted octanol–water partition coefficient (Wildman–Crippen LogP) is 8.73. The van der Waals surface area contributed by atoms with Crippen LogP contribution in [-0.4, -0.2) is 23.4 Å². The summed E-state index contributed by atoms with van der Waals surface area (Å²) in [7, 11) is 0. The van der Waals surface area contributed by atoms with Gasteiger partial charge in [0.15, 0.2) is 5.13 Å². The van der Waals surface area contributed by atoms with Crippen LogP contribution in [0.15, 0.2) is 95.9 Å². The van der Waals surface area contributed by atoms with E-state index in [4.69, 9.17) is 27.9 Å². The summed E-state index contributed by atoms with van der Waals surface area (Å²) in [5, 5.41) is 6.56. The number of carbonyl (C=O) groups is 2. The number of hydrogen-bond acceptors (Lipinski definition) is 6.